The van der Waals surface area contributed by atoms with Crippen LogP contribution in [0.2, 0.25) is 0 Å². The maximum absolute atomic E-state index is 10.1. The zero-order chi connectivity index (χ0) is 11.6. The predicted molar refractivity (Wildman–Crippen MR) is 61.7 cm³/mol. The first-order chi connectivity index (χ1) is 7.61. The smallest absolute Gasteiger partial charge is 0.231 e. The molecule has 0 aliphatic carbocycles. The van der Waals surface area contributed by atoms with E-state index in [0.29, 0.717) is 12.8 Å². The van der Waals surface area contributed by atoms with E-state index in [-0.39, 0.29) is 6.79 Å². The van der Waals surface area contributed by atoms with Crippen molar-refractivity contribution < 1.29 is 14.6 Å². The van der Waals surface area contributed by atoms with E-state index in [1.54, 1.807) is 13.0 Å². The third kappa shape index (κ3) is 2.36. The maximum Gasteiger partial charge on any atom is 0.231 e. The molecule has 0 aromatic heterocycles. The monoisotopic (exact) mass is 220 g/mol. The quantitative estimate of drug-likeness (QED) is 0.791. The minimum atomic E-state index is -0.755. The molecule has 0 bridgehead atoms. The highest BCUT2D eigenvalue weighted by Crippen LogP contribution is 2.33. The number of ether oxygens (including phenoxy) is 2. The zero-order valence-corrected chi connectivity index (χ0v) is 9.40. The lowest BCUT2D eigenvalue weighted by atomic mass is 9.93. The molecule has 3 nitrogen and oxygen atoms in total. The van der Waals surface area contributed by atoms with Crippen LogP contribution in [0.15, 0.2) is 30.9 Å². The van der Waals surface area contributed by atoms with E-state index in [1.807, 2.05) is 18.2 Å². The molecule has 16 heavy (non-hydrogen) atoms. The van der Waals surface area contributed by atoms with Crippen molar-refractivity contribution in [2.75, 3.05) is 6.79 Å². The Morgan fingerprint density at radius 1 is 1.44 bits per heavy atom. The van der Waals surface area contributed by atoms with Crippen molar-refractivity contribution >= 4 is 0 Å². The van der Waals surface area contributed by atoms with Crippen LogP contribution in [0, 0.1) is 0 Å². The van der Waals surface area contributed by atoms with Crippen molar-refractivity contribution in [1.82, 2.24) is 0 Å². The van der Waals surface area contributed by atoms with Crippen LogP contribution in [0.5, 0.6) is 11.5 Å². The van der Waals surface area contributed by atoms with Crippen molar-refractivity contribution in [1.29, 1.82) is 0 Å². The van der Waals surface area contributed by atoms with Gasteiger partial charge in [0.2, 0.25) is 6.79 Å². The van der Waals surface area contributed by atoms with E-state index in [2.05, 4.69) is 6.58 Å². The maximum atomic E-state index is 10.1. The fourth-order valence-electron chi connectivity index (χ4n) is 1.87. The van der Waals surface area contributed by atoms with E-state index < -0.39 is 5.60 Å². The molecule has 1 unspecified atom stereocenters. The summed E-state index contributed by atoms with van der Waals surface area (Å²) in [6.07, 6.45) is 2.88. The number of hydrogen-bond acceptors (Lipinski definition) is 3. The first kappa shape index (κ1) is 11.0. The Hall–Kier alpha value is -1.48. The van der Waals surface area contributed by atoms with Crippen LogP contribution in [-0.2, 0) is 6.42 Å². The van der Waals surface area contributed by atoms with Gasteiger partial charge in [-0.05, 0) is 31.0 Å². The average molecular weight is 220 g/mol. The van der Waals surface area contributed by atoms with Crippen molar-refractivity contribution in [2.24, 2.45) is 0 Å². The Morgan fingerprint density at radius 2 is 2.19 bits per heavy atom. The van der Waals surface area contributed by atoms with Crippen LogP contribution in [-0.4, -0.2) is 17.5 Å². The van der Waals surface area contributed by atoms with Crippen LogP contribution >= 0.6 is 0 Å². The minimum absolute atomic E-state index is 0.280. The summed E-state index contributed by atoms with van der Waals surface area (Å²) < 4.78 is 10.5. The van der Waals surface area contributed by atoms with Gasteiger partial charge in [-0.2, -0.15) is 0 Å². The normalized spacial score (nSPS) is 16.9. The van der Waals surface area contributed by atoms with Gasteiger partial charge >= 0.3 is 0 Å². The van der Waals surface area contributed by atoms with Gasteiger partial charge in [0.1, 0.15) is 0 Å². The van der Waals surface area contributed by atoms with Crippen molar-refractivity contribution in [2.45, 2.75) is 25.4 Å². The Morgan fingerprint density at radius 3 is 2.94 bits per heavy atom. The van der Waals surface area contributed by atoms with Crippen LogP contribution in [0.1, 0.15) is 18.9 Å². The molecular formula is C13H16O3. The molecule has 0 radical (unpaired) electrons. The lowest BCUT2D eigenvalue weighted by Gasteiger charge is -2.21. The molecule has 3 heteroatoms. The van der Waals surface area contributed by atoms with Gasteiger partial charge in [0.05, 0.1) is 5.60 Å². The van der Waals surface area contributed by atoms with Gasteiger partial charge in [0.25, 0.3) is 0 Å². The van der Waals surface area contributed by atoms with Gasteiger partial charge in [-0.1, -0.05) is 12.1 Å². The molecule has 2 rings (SSSR count). The van der Waals surface area contributed by atoms with Crippen LogP contribution in [0.3, 0.4) is 0 Å². The standard InChI is InChI=1S/C13H16O3/c1-3-6-13(2,14)8-10-4-5-11-12(7-10)16-9-15-11/h3-5,7,14H,1,6,8-9H2,2H3. The molecule has 1 aromatic rings. The first-order valence-corrected chi connectivity index (χ1v) is 5.32. The molecule has 1 aliphatic heterocycles. The van der Waals surface area contributed by atoms with Crippen molar-refractivity contribution in [3.05, 3.63) is 36.4 Å². The van der Waals surface area contributed by atoms with E-state index in [1.165, 1.54) is 0 Å². The first-order valence-electron chi connectivity index (χ1n) is 5.32. The Kier molecular flexibility index (Phi) is 2.88. The van der Waals surface area contributed by atoms with Crippen LogP contribution < -0.4 is 9.47 Å². The molecule has 86 valence electrons. The molecule has 1 heterocycles. The van der Waals surface area contributed by atoms with Gasteiger partial charge in [-0.25, -0.2) is 0 Å². The number of hydrogen-bond donors (Lipinski definition) is 1. The average Bonchev–Trinajstić information content (AvgIpc) is 2.63. The molecule has 1 N–H and O–H groups in total. The molecule has 0 spiro atoms. The van der Waals surface area contributed by atoms with Crippen molar-refractivity contribution in [3.63, 3.8) is 0 Å². The fraction of sp³-hybridized carbons (Fsp3) is 0.385. The molecule has 1 aliphatic rings. The van der Waals surface area contributed by atoms with E-state index in [9.17, 15) is 5.11 Å². The Balaban J connectivity index is 2.13. The Labute approximate surface area is 95.3 Å². The summed E-state index contributed by atoms with van der Waals surface area (Å²) in [5, 5.41) is 10.1. The van der Waals surface area contributed by atoms with Crippen LogP contribution in [0.4, 0.5) is 0 Å². The second kappa shape index (κ2) is 4.18. The Bertz CT molecular complexity index is 396. The molecule has 0 saturated carbocycles. The highest BCUT2D eigenvalue weighted by Gasteiger charge is 2.21. The van der Waals surface area contributed by atoms with Gasteiger partial charge in [-0.15, -0.1) is 6.58 Å². The highest BCUT2D eigenvalue weighted by atomic mass is 16.7. The SMILES string of the molecule is C=CCC(C)(O)Cc1ccc2c(c1)OCO2. The van der Waals surface area contributed by atoms with Gasteiger partial charge in [0.15, 0.2) is 11.5 Å². The fourth-order valence-corrected chi connectivity index (χ4v) is 1.87. The highest BCUT2D eigenvalue weighted by molar-refractivity contribution is 5.44. The molecule has 0 fully saturated rings. The second-order valence-corrected chi connectivity index (χ2v) is 4.35. The largest absolute Gasteiger partial charge is 0.454 e. The number of fused-ring (bicyclic) bond motifs is 1. The lowest BCUT2D eigenvalue weighted by molar-refractivity contribution is 0.0637. The molecular weight excluding hydrogens is 204 g/mol. The second-order valence-electron chi connectivity index (χ2n) is 4.35. The molecule has 0 saturated heterocycles. The predicted octanol–water partition coefficient (Wildman–Crippen LogP) is 2.28. The summed E-state index contributed by atoms with van der Waals surface area (Å²) >= 11 is 0. The summed E-state index contributed by atoms with van der Waals surface area (Å²) in [5.41, 5.74) is 0.284. The van der Waals surface area contributed by atoms with Gasteiger partial charge < -0.3 is 14.6 Å². The van der Waals surface area contributed by atoms with Gasteiger partial charge in [0, 0.05) is 6.42 Å². The number of aliphatic hydroxyl groups is 1. The third-order valence-electron chi connectivity index (χ3n) is 2.61. The number of rotatable bonds is 4. The minimum Gasteiger partial charge on any atom is -0.454 e. The topological polar surface area (TPSA) is 38.7 Å². The third-order valence-corrected chi connectivity index (χ3v) is 2.61. The lowest BCUT2D eigenvalue weighted by Crippen LogP contribution is -2.26. The molecule has 1 atom stereocenters. The van der Waals surface area contributed by atoms with E-state index >= 15 is 0 Å². The summed E-state index contributed by atoms with van der Waals surface area (Å²) in [4.78, 5) is 0. The summed E-state index contributed by atoms with van der Waals surface area (Å²) in [7, 11) is 0. The zero-order valence-electron chi connectivity index (χ0n) is 9.40. The van der Waals surface area contributed by atoms with Crippen molar-refractivity contribution in [3.8, 4) is 11.5 Å². The van der Waals surface area contributed by atoms with Crippen LogP contribution in [0.25, 0.3) is 0 Å². The van der Waals surface area contributed by atoms with Gasteiger partial charge in [-0.3, -0.25) is 0 Å². The summed E-state index contributed by atoms with van der Waals surface area (Å²) in [6.45, 7) is 5.73. The summed E-state index contributed by atoms with van der Waals surface area (Å²) in [5.74, 6) is 1.53. The number of benzene rings is 1. The van der Waals surface area contributed by atoms with E-state index in [4.69, 9.17) is 9.47 Å². The summed E-state index contributed by atoms with van der Waals surface area (Å²) in [6, 6.07) is 5.74. The van der Waals surface area contributed by atoms with E-state index in [0.717, 1.165) is 17.1 Å². The molecule has 0 amide bonds. The molecule has 1 aromatic carbocycles.